The van der Waals surface area contributed by atoms with Crippen molar-refractivity contribution in [2.45, 2.75) is 0 Å². The maximum atomic E-state index is 8.63. The molecule has 0 unspecified atom stereocenters. The van der Waals surface area contributed by atoms with E-state index in [0.29, 0.717) is 5.69 Å². The molecule has 3 nitrogen and oxygen atoms in total. The third-order valence-electron chi connectivity index (χ3n) is 2.20. The highest BCUT2D eigenvalue weighted by atomic mass is 14.9. The quantitative estimate of drug-likeness (QED) is 0.790. The number of pyridine rings is 1. The molecule has 80 valence electrons. The molecular weight excluding hydrogens is 210 g/mol. The first kappa shape index (κ1) is 10.7. The van der Waals surface area contributed by atoms with Crippen LogP contribution in [0.1, 0.15) is 11.3 Å². The summed E-state index contributed by atoms with van der Waals surface area (Å²) in [6.07, 6.45) is 6.94. The van der Waals surface area contributed by atoms with Crippen LogP contribution in [0.15, 0.2) is 42.6 Å². The monoisotopic (exact) mass is 219 g/mol. The predicted octanol–water partition coefficient (Wildman–Crippen LogP) is 2.68. The zero-order valence-electron chi connectivity index (χ0n) is 9.01. The average molecular weight is 219 g/mol. The van der Waals surface area contributed by atoms with E-state index in [1.165, 1.54) is 0 Å². The molecule has 0 saturated carbocycles. The second-order valence-corrected chi connectivity index (χ2v) is 3.39. The van der Waals surface area contributed by atoms with Crippen molar-refractivity contribution in [3.8, 4) is 18.4 Å². The predicted molar refractivity (Wildman–Crippen MR) is 66.6 cm³/mol. The molecule has 0 fully saturated rings. The van der Waals surface area contributed by atoms with Crippen LogP contribution in [-0.4, -0.2) is 4.98 Å². The molecule has 0 aliphatic heterocycles. The molecule has 1 aromatic heterocycles. The first-order valence-corrected chi connectivity index (χ1v) is 5.01. The molecule has 0 radical (unpaired) electrons. The molecule has 0 saturated heterocycles. The van der Waals surface area contributed by atoms with Gasteiger partial charge >= 0.3 is 0 Å². The number of aromatic nitrogens is 1. The van der Waals surface area contributed by atoms with Crippen molar-refractivity contribution in [1.29, 1.82) is 5.26 Å². The standard InChI is InChI=1S/C14H9N3/c1-2-11-4-3-5-12(8-11)17-14-7-6-13(9-15)16-10-14/h1,3-8,10,17H. The number of nitrogens with one attached hydrogen (secondary N) is 1. The molecule has 17 heavy (non-hydrogen) atoms. The zero-order valence-corrected chi connectivity index (χ0v) is 9.01. The first-order valence-electron chi connectivity index (χ1n) is 5.01. The van der Waals surface area contributed by atoms with E-state index in [2.05, 4.69) is 16.2 Å². The summed E-state index contributed by atoms with van der Waals surface area (Å²) in [6, 6.07) is 13.0. The van der Waals surface area contributed by atoms with Crippen LogP contribution >= 0.6 is 0 Å². The van der Waals surface area contributed by atoms with E-state index in [9.17, 15) is 0 Å². The Balaban J connectivity index is 2.20. The summed E-state index contributed by atoms with van der Waals surface area (Å²) in [5, 5.41) is 11.8. The minimum atomic E-state index is 0.396. The molecule has 3 heteroatoms. The lowest BCUT2D eigenvalue weighted by Gasteiger charge is -2.05. The third-order valence-corrected chi connectivity index (χ3v) is 2.20. The van der Waals surface area contributed by atoms with Crippen LogP contribution in [0.25, 0.3) is 0 Å². The van der Waals surface area contributed by atoms with E-state index in [4.69, 9.17) is 11.7 Å². The fourth-order valence-electron chi connectivity index (χ4n) is 1.39. The summed E-state index contributed by atoms with van der Waals surface area (Å²) in [4.78, 5) is 3.97. The van der Waals surface area contributed by atoms with Gasteiger partial charge in [-0.1, -0.05) is 12.0 Å². The van der Waals surface area contributed by atoms with Gasteiger partial charge in [-0.25, -0.2) is 4.98 Å². The Bertz CT molecular complexity index is 601. The molecule has 2 aromatic rings. The summed E-state index contributed by atoms with van der Waals surface area (Å²) < 4.78 is 0. The number of terminal acetylenes is 1. The van der Waals surface area contributed by atoms with Gasteiger partial charge in [0.2, 0.25) is 0 Å². The minimum Gasteiger partial charge on any atom is -0.354 e. The Labute approximate surface area is 99.7 Å². The van der Waals surface area contributed by atoms with E-state index < -0.39 is 0 Å². The second kappa shape index (κ2) is 4.83. The fraction of sp³-hybridized carbons (Fsp3) is 0. The highest BCUT2D eigenvalue weighted by Crippen LogP contribution is 2.16. The maximum Gasteiger partial charge on any atom is 0.140 e. The second-order valence-electron chi connectivity index (χ2n) is 3.39. The molecule has 2 rings (SSSR count). The van der Waals surface area contributed by atoms with E-state index in [1.807, 2.05) is 30.3 Å². The lowest BCUT2D eigenvalue weighted by Crippen LogP contribution is -1.92. The third kappa shape index (κ3) is 2.62. The average Bonchev–Trinajstić information content (AvgIpc) is 2.40. The van der Waals surface area contributed by atoms with Crippen molar-refractivity contribution in [1.82, 2.24) is 4.98 Å². The van der Waals surface area contributed by atoms with Gasteiger partial charge in [-0.3, -0.25) is 0 Å². The topological polar surface area (TPSA) is 48.7 Å². The molecule has 0 atom stereocenters. The lowest BCUT2D eigenvalue weighted by atomic mass is 10.2. The van der Waals surface area contributed by atoms with Crippen LogP contribution in [0.2, 0.25) is 0 Å². The van der Waals surface area contributed by atoms with Crippen molar-refractivity contribution in [2.24, 2.45) is 0 Å². The van der Waals surface area contributed by atoms with Gasteiger partial charge in [-0.2, -0.15) is 5.26 Å². The normalized spacial score (nSPS) is 9.06. The van der Waals surface area contributed by atoms with Crippen LogP contribution in [0.4, 0.5) is 11.4 Å². The van der Waals surface area contributed by atoms with Gasteiger partial charge in [0.1, 0.15) is 11.8 Å². The number of nitrogens with zero attached hydrogens (tertiary/aromatic N) is 2. The van der Waals surface area contributed by atoms with Crippen molar-refractivity contribution in [2.75, 3.05) is 5.32 Å². The summed E-state index contributed by atoms with van der Waals surface area (Å²) in [5.74, 6) is 2.57. The number of nitriles is 1. The van der Waals surface area contributed by atoms with Crippen LogP contribution in [-0.2, 0) is 0 Å². The Morgan fingerprint density at radius 3 is 2.71 bits per heavy atom. The minimum absolute atomic E-state index is 0.396. The number of benzene rings is 1. The Morgan fingerprint density at radius 2 is 2.06 bits per heavy atom. The summed E-state index contributed by atoms with van der Waals surface area (Å²) in [6.45, 7) is 0. The summed E-state index contributed by atoms with van der Waals surface area (Å²) >= 11 is 0. The Morgan fingerprint density at radius 1 is 1.18 bits per heavy atom. The number of anilines is 2. The molecule has 0 aliphatic carbocycles. The highest BCUT2D eigenvalue weighted by Gasteiger charge is 1.97. The highest BCUT2D eigenvalue weighted by molar-refractivity contribution is 5.61. The van der Waals surface area contributed by atoms with Gasteiger partial charge in [-0.15, -0.1) is 6.42 Å². The molecule has 0 bridgehead atoms. The van der Waals surface area contributed by atoms with E-state index in [-0.39, 0.29) is 0 Å². The van der Waals surface area contributed by atoms with Crippen LogP contribution in [0, 0.1) is 23.7 Å². The fourth-order valence-corrected chi connectivity index (χ4v) is 1.39. The van der Waals surface area contributed by atoms with Crippen LogP contribution in [0.5, 0.6) is 0 Å². The van der Waals surface area contributed by atoms with Crippen molar-refractivity contribution >= 4 is 11.4 Å². The number of hydrogen-bond donors (Lipinski definition) is 1. The number of rotatable bonds is 2. The molecule has 1 heterocycles. The van der Waals surface area contributed by atoms with Gasteiger partial charge in [0.15, 0.2) is 0 Å². The SMILES string of the molecule is C#Cc1cccc(Nc2ccc(C#N)nc2)c1. The van der Waals surface area contributed by atoms with Crippen molar-refractivity contribution in [3.05, 3.63) is 53.9 Å². The molecule has 1 N–H and O–H groups in total. The lowest BCUT2D eigenvalue weighted by molar-refractivity contribution is 1.26. The largest absolute Gasteiger partial charge is 0.354 e. The van der Waals surface area contributed by atoms with E-state index in [1.54, 1.807) is 18.3 Å². The maximum absolute atomic E-state index is 8.63. The van der Waals surface area contributed by atoms with E-state index >= 15 is 0 Å². The first-order chi connectivity index (χ1) is 8.31. The number of hydrogen-bond acceptors (Lipinski definition) is 3. The van der Waals surface area contributed by atoms with Gasteiger partial charge in [0, 0.05) is 11.3 Å². The zero-order chi connectivity index (χ0) is 12.1. The molecular formula is C14H9N3. The molecule has 0 aliphatic rings. The molecule has 0 amide bonds. The summed E-state index contributed by atoms with van der Waals surface area (Å²) in [7, 11) is 0. The van der Waals surface area contributed by atoms with Gasteiger partial charge in [0.25, 0.3) is 0 Å². The van der Waals surface area contributed by atoms with Gasteiger partial charge in [0.05, 0.1) is 11.9 Å². The Kier molecular flexibility index (Phi) is 3.05. The van der Waals surface area contributed by atoms with Gasteiger partial charge in [-0.05, 0) is 30.3 Å². The van der Waals surface area contributed by atoms with Gasteiger partial charge < -0.3 is 5.32 Å². The summed E-state index contributed by atoms with van der Waals surface area (Å²) in [5.41, 5.74) is 2.93. The molecule has 0 spiro atoms. The van der Waals surface area contributed by atoms with Crippen molar-refractivity contribution < 1.29 is 0 Å². The van der Waals surface area contributed by atoms with Crippen molar-refractivity contribution in [3.63, 3.8) is 0 Å². The smallest absolute Gasteiger partial charge is 0.140 e. The van der Waals surface area contributed by atoms with Crippen LogP contribution in [0.3, 0.4) is 0 Å². The van der Waals surface area contributed by atoms with E-state index in [0.717, 1.165) is 16.9 Å². The molecule has 1 aromatic carbocycles. The Hall–Kier alpha value is -2.78. The van der Waals surface area contributed by atoms with Crippen LogP contribution < -0.4 is 5.32 Å².